The van der Waals surface area contributed by atoms with E-state index in [9.17, 15) is 4.79 Å². The summed E-state index contributed by atoms with van der Waals surface area (Å²) in [4.78, 5) is 17.1. The van der Waals surface area contributed by atoms with Crippen molar-refractivity contribution in [1.29, 1.82) is 0 Å². The molecule has 0 bridgehead atoms. The van der Waals surface area contributed by atoms with Crippen molar-refractivity contribution >= 4 is 22.9 Å². The lowest BCUT2D eigenvalue weighted by atomic mass is 10.1. The van der Waals surface area contributed by atoms with Crippen molar-refractivity contribution in [3.05, 3.63) is 39.8 Å². The SMILES string of the molecule is CC(C)c1nnc(C(=O)N2Cc3ccccc3N(C)C[C@H]2C)s1. The molecular weight excluding hydrogens is 308 g/mol. The van der Waals surface area contributed by atoms with Crippen LogP contribution in [0.15, 0.2) is 24.3 Å². The molecule has 122 valence electrons. The van der Waals surface area contributed by atoms with Gasteiger partial charge in [-0.05, 0) is 18.6 Å². The van der Waals surface area contributed by atoms with Crippen molar-refractivity contribution in [3.8, 4) is 0 Å². The van der Waals surface area contributed by atoms with E-state index in [0.717, 1.165) is 11.6 Å². The van der Waals surface area contributed by atoms with E-state index in [1.165, 1.54) is 22.6 Å². The summed E-state index contributed by atoms with van der Waals surface area (Å²) in [6, 6.07) is 8.37. The van der Waals surface area contributed by atoms with Crippen molar-refractivity contribution in [2.45, 2.75) is 39.3 Å². The summed E-state index contributed by atoms with van der Waals surface area (Å²) in [6.07, 6.45) is 0. The Bertz CT molecular complexity index is 712. The molecule has 3 rings (SSSR count). The minimum Gasteiger partial charge on any atom is -0.372 e. The lowest BCUT2D eigenvalue weighted by molar-refractivity contribution is 0.0686. The van der Waals surface area contributed by atoms with Gasteiger partial charge in [0, 0.05) is 37.8 Å². The van der Waals surface area contributed by atoms with Crippen molar-refractivity contribution in [2.24, 2.45) is 0 Å². The van der Waals surface area contributed by atoms with Crippen molar-refractivity contribution in [2.75, 3.05) is 18.5 Å². The minimum absolute atomic E-state index is 0.0213. The molecule has 23 heavy (non-hydrogen) atoms. The molecule has 2 aromatic rings. The number of benzene rings is 1. The number of fused-ring (bicyclic) bond motifs is 1. The predicted molar refractivity (Wildman–Crippen MR) is 93.0 cm³/mol. The Labute approximate surface area is 140 Å². The minimum atomic E-state index is -0.0213. The highest BCUT2D eigenvalue weighted by molar-refractivity contribution is 7.13. The summed E-state index contributed by atoms with van der Waals surface area (Å²) in [6.45, 7) is 7.63. The standard InChI is InChI=1S/C17H22N4OS/c1-11(2)15-18-19-16(23-15)17(22)21-10-13-7-5-6-8-14(13)20(4)9-12(21)3/h5-8,11-12H,9-10H2,1-4H3/t12-/m1/s1. The zero-order valence-corrected chi connectivity index (χ0v) is 14.8. The molecule has 1 aromatic heterocycles. The highest BCUT2D eigenvalue weighted by Gasteiger charge is 2.29. The molecule has 0 saturated heterocycles. The molecule has 1 amide bonds. The first-order chi connectivity index (χ1) is 11.0. The molecule has 0 fully saturated rings. The molecule has 2 heterocycles. The normalized spacial score (nSPS) is 18.0. The van der Waals surface area contributed by atoms with Crippen LogP contribution in [-0.4, -0.2) is 40.6 Å². The molecule has 0 aliphatic carbocycles. The van der Waals surface area contributed by atoms with Crippen LogP contribution in [0.25, 0.3) is 0 Å². The predicted octanol–water partition coefficient (Wildman–Crippen LogP) is 3.14. The first-order valence-electron chi connectivity index (χ1n) is 7.90. The molecule has 1 aromatic carbocycles. The maximum atomic E-state index is 12.9. The van der Waals surface area contributed by atoms with E-state index in [2.05, 4.69) is 55.0 Å². The lowest BCUT2D eigenvalue weighted by Crippen LogP contribution is -2.41. The Morgan fingerprint density at radius 3 is 2.74 bits per heavy atom. The van der Waals surface area contributed by atoms with Gasteiger partial charge in [0.2, 0.25) is 5.01 Å². The van der Waals surface area contributed by atoms with E-state index in [-0.39, 0.29) is 11.9 Å². The Balaban J connectivity index is 1.90. The summed E-state index contributed by atoms with van der Waals surface area (Å²) < 4.78 is 0. The molecule has 0 N–H and O–H groups in total. The van der Waals surface area contributed by atoms with E-state index in [1.807, 2.05) is 17.0 Å². The number of likely N-dealkylation sites (N-methyl/N-ethyl adjacent to an activating group) is 1. The Kier molecular flexibility index (Phi) is 4.35. The Morgan fingerprint density at radius 1 is 1.30 bits per heavy atom. The van der Waals surface area contributed by atoms with Gasteiger partial charge in [-0.3, -0.25) is 4.79 Å². The van der Waals surface area contributed by atoms with Crippen LogP contribution >= 0.6 is 11.3 Å². The number of para-hydroxylation sites is 1. The average molecular weight is 330 g/mol. The van der Waals surface area contributed by atoms with E-state index < -0.39 is 0 Å². The summed E-state index contributed by atoms with van der Waals surface area (Å²) in [7, 11) is 2.07. The van der Waals surface area contributed by atoms with Crippen LogP contribution in [-0.2, 0) is 6.54 Å². The van der Waals surface area contributed by atoms with E-state index >= 15 is 0 Å². The number of amides is 1. The zero-order chi connectivity index (χ0) is 16.6. The van der Waals surface area contributed by atoms with Gasteiger partial charge in [0.25, 0.3) is 5.91 Å². The number of anilines is 1. The molecule has 0 radical (unpaired) electrons. The van der Waals surface area contributed by atoms with Gasteiger partial charge in [-0.15, -0.1) is 10.2 Å². The first kappa shape index (κ1) is 15.9. The monoisotopic (exact) mass is 330 g/mol. The highest BCUT2D eigenvalue weighted by Crippen LogP contribution is 2.28. The zero-order valence-electron chi connectivity index (χ0n) is 14.0. The van der Waals surface area contributed by atoms with Crippen molar-refractivity contribution in [3.63, 3.8) is 0 Å². The quantitative estimate of drug-likeness (QED) is 0.849. The smallest absolute Gasteiger partial charge is 0.285 e. The number of carbonyl (C=O) groups is 1. The summed E-state index contributed by atoms with van der Waals surface area (Å²) in [5, 5.41) is 9.67. The third-order valence-corrected chi connectivity index (χ3v) is 5.40. The van der Waals surface area contributed by atoms with Gasteiger partial charge in [0.05, 0.1) is 0 Å². The number of hydrogen-bond donors (Lipinski definition) is 0. The van der Waals surface area contributed by atoms with Crippen LogP contribution in [0.4, 0.5) is 5.69 Å². The van der Waals surface area contributed by atoms with Gasteiger partial charge in [0.1, 0.15) is 5.01 Å². The maximum absolute atomic E-state index is 12.9. The summed E-state index contributed by atoms with van der Waals surface area (Å²) in [5.41, 5.74) is 2.36. The van der Waals surface area contributed by atoms with Crippen LogP contribution in [0.3, 0.4) is 0 Å². The third kappa shape index (κ3) is 3.08. The highest BCUT2D eigenvalue weighted by atomic mass is 32.1. The fourth-order valence-electron chi connectivity index (χ4n) is 2.90. The van der Waals surface area contributed by atoms with E-state index in [4.69, 9.17) is 0 Å². The number of nitrogens with zero attached hydrogens (tertiary/aromatic N) is 4. The van der Waals surface area contributed by atoms with Crippen LogP contribution in [0.2, 0.25) is 0 Å². The molecular formula is C17H22N4OS. The molecule has 0 unspecified atom stereocenters. The second-order valence-electron chi connectivity index (χ2n) is 6.39. The number of rotatable bonds is 2. The van der Waals surface area contributed by atoms with Crippen LogP contribution in [0.5, 0.6) is 0 Å². The lowest BCUT2D eigenvalue weighted by Gasteiger charge is -2.27. The van der Waals surface area contributed by atoms with Gasteiger partial charge in [-0.1, -0.05) is 43.4 Å². The number of carbonyl (C=O) groups excluding carboxylic acids is 1. The van der Waals surface area contributed by atoms with Gasteiger partial charge >= 0.3 is 0 Å². The van der Waals surface area contributed by atoms with Crippen LogP contribution < -0.4 is 4.90 Å². The summed E-state index contributed by atoms with van der Waals surface area (Å²) in [5.74, 6) is 0.273. The van der Waals surface area contributed by atoms with E-state index in [0.29, 0.717) is 17.5 Å². The molecule has 5 nitrogen and oxygen atoms in total. The average Bonchev–Trinajstić information content (AvgIpc) is 2.98. The number of hydrogen-bond acceptors (Lipinski definition) is 5. The second kappa shape index (κ2) is 6.28. The Morgan fingerprint density at radius 2 is 2.04 bits per heavy atom. The summed E-state index contributed by atoms with van der Waals surface area (Å²) >= 11 is 1.41. The maximum Gasteiger partial charge on any atom is 0.285 e. The molecule has 6 heteroatoms. The van der Waals surface area contributed by atoms with Crippen LogP contribution in [0.1, 0.15) is 47.1 Å². The topological polar surface area (TPSA) is 49.3 Å². The molecule has 0 spiro atoms. The second-order valence-corrected chi connectivity index (χ2v) is 7.40. The van der Waals surface area contributed by atoms with E-state index in [1.54, 1.807) is 0 Å². The van der Waals surface area contributed by atoms with Gasteiger partial charge in [-0.25, -0.2) is 0 Å². The van der Waals surface area contributed by atoms with Crippen LogP contribution in [0, 0.1) is 0 Å². The van der Waals surface area contributed by atoms with Crippen molar-refractivity contribution < 1.29 is 4.79 Å². The van der Waals surface area contributed by atoms with Gasteiger partial charge in [0.15, 0.2) is 0 Å². The van der Waals surface area contributed by atoms with Gasteiger partial charge < -0.3 is 9.80 Å². The molecule has 1 aliphatic rings. The Hall–Kier alpha value is -1.95. The fraction of sp³-hybridized carbons (Fsp3) is 0.471. The largest absolute Gasteiger partial charge is 0.372 e. The van der Waals surface area contributed by atoms with Crippen molar-refractivity contribution in [1.82, 2.24) is 15.1 Å². The third-order valence-electron chi connectivity index (χ3n) is 4.19. The fourth-order valence-corrected chi connectivity index (χ4v) is 3.70. The number of aromatic nitrogens is 2. The molecule has 1 atom stereocenters. The molecule has 1 aliphatic heterocycles. The first-order valence-corrected chi connectivity index (χ1v) is 8.72. The van der Waals surface area contributed by atoms with Gasteiger partial charge in [-0.2, -0.15) is 0 Å². The molecule has 0 saturated carbocycles.